The molecule has 0 spiro atoms. The van der Waals surface area contributed by atoms with Crippen molar-refractivity contribution in [3.63, 3.8) is 0 Å². The van der Waals surface area contributed by atoms with Gasteiger partial charge in [0.1, 0.15) is 5.75 Å². The van der Waals surface area contributed by atoms with Crippen LogP contribution in [0.4, 0.5) is 0 Å². The Morgan fingerprint density at radius 1 is 1.22 bits per heavy atom. The second-order valence-electron chi connectivity index (χ2n) is 5.43. The van der Waals surface area contributed by atoms with Crippen LogP contribution in [0.25, 0.3) is 22.8 Å². The molecule has 3 rings (SSSR count). The lowest BCUT2D eigenvalue weighted by molar-refractivity contribution is 0.242. The molecule has 0 N–H and O–H groups in total. The van der Waals surface area contributed by atoms with E-state index in [0.717, 1.165) is 16.7 Å². The molecule has 0 aliphatic rings. The lowest BCUT2D eigenvalue weighted by atomic mass is 10.1. The molecule has 0 unspecified atom stereocenters. The van der Waals surface area contributed by atoms with Gasteiger partial charge in [-0.1, -0.05) is 16.8 Å². The fourth-order valence-corrected chi connectivity index (χ4v) is 2.38. The van der Waals surface area contributed by atoms with Gasteiger partial charge in [0, 0.05) is 23.5 Å². The quantitative estimate of drug-likeness (QED) is 0.702. The van der Waals surface area contributed by atoms with E-state index in [4.69, 9.17) is 20.9 Å². The first-order chi connectivity index (χ1) is 11.0. The Morgan fingerprint density at radius 3 is 2.74 bits per heavy atom. The highest BCUT2D eigenvalue weighted by molar-refractivity contribution is 6.32. The van der Waals surface area contributed by atoms with Gasteiger partial charge in [-0.3, -0.25) is 4.98 Å². The summed E-state index contributed by atoms with van der Waals surface area (Å²) in [6, 6.07) is 7.29. The minimum atomic E-state index is 0.0600. The fraction of sp³-hybridized carbons (Fsp3) is 0.235. The molecule has 0 radical (unpaired) electrons. The number of hydrogen-bond donors (Lipinski definition) is 0. The van der Waals surface area contributed by atoms with Crippen molar-refractivity contribution in [3.05, 3.63) is 47.2 Å². The third-order valence-corrected chi connectivity index (χ3v) is 3.52. The number of nitrogens with zero attached hydrogens (tertiary/aromatic N) is 3. The molecule has 0 amide bonds. The van der Waals surface area contributed by atoms with Gasteiger partial charge in [-0.25, -0.2) is 0 Å². The van der Waals surface area contributed by atoms with E-state index in [1.165, 1.54) is 0 Å². The van der Waals surface area contributed by atoms with Crippen LogP contribution in [-0.2, 0) is 0 Å². The molecule has 5 nitrogen and oxygen atoms in total. The fourth-order valence-electron chi connectivity index (χ4n) is 2.15. The van der Waals surface area contributed by atoms with Crippen molar-refractivity contribution < 1.29 is 9.26 Å². The number of hydrogen-bond acceptors (Lipinski definition) is 5. The van der Waals surface area contributed by atoms with E-state index >= 15 is 0 Å². The molecule has 0 atom stereocenters. The van der Waals surface area contributed by atoms with Gasteiger partial charge in [-0.15, -0.1) is 0 Å². The van der Waals surface area contributed by atoms with Crippen LogP contribution < -0.4 is 4.74 Å². The molecule has 0 saturated heterocycles. The van der Waals surface area contributed by atoms with Crippen molar-refractivity contribution in [2.24, 2.45) is 0 Å². The molecule has 2 aromatic heterocycles. The molecule has 1 aromatic carbocycles. The summed E-state index contributed by atoms with van der Waals surface area (Å²) < 4.78 is 11.0. The topological polar surface area (TPSA) is 61.0 Å². The summed E-state index contributed by atoms with van der Waals surface area (Å²) in [5.41, 5.74) is 2.61. The van der Waals surface area contributed by atoms with E-state index in [9.17, 15) is 0 Å². The second kappa shape index (κ2) is 6.38. The third kappa shape index (κ3) is 3.35. The number of aryl methyl sites for hydroxylation is 1. The molecule has 0 aliphatic heterocycles. The standard InChI is InChI=1S/C17H16ClN3O2/c1-10(2)22-15-5-4-12(8-14(15)18)16-20-17(23-21-16)13-6-7-19-9-11(13)3/h4-10H,1-3H3. The van der Waals surface area contributed by atoms with E-state index in [1.807, 2.05) is 39.0 Å². The Morgan fingerprint density at radius 2 is 2.04 bits per heavy atom. The number of halogens is 1. The van der Waals surface area contributed by atoms with Gasteiger partial charge in [-0.05, 0) is 50.6 Å². The normalized spacial score (nSPS) is 11.0. The zero-order valence-electron chi connectivity index (χ0n) is 13.1. The van der Waals surface area contributed by atoms with Crippen LogP contribution in [-0.4, -0.2) is 21.2 Å². The minimum Gasteiger partial charge on any atom is -0.489 e. The Labute approximate surface area is 139 Å². The number of ether oxygens (including phenoxy) is 1. The molecule has 0 bridgehead atoms. The lowest BCUT2D eigenvalue weighted by Gasteiger charge is -2.11. The second-order valence-corrected chi connectivity index (χ2v) is 5.83. The first-order valence-corrected chi connectivity index (χ1v) is 7.63. The molecule has 0 saturated carbocycles. The van der Waals surface area contributed by atoms with Gasteiger partial charge in [0.2, 0.25) is 5.82 Å². The summed E-state index contributed by atoms with van der Waals surface area (Å²) >= 11 is 6.25. The maximum atomic E-state index is 6.25. The average molecular weight is 330 g/mol. The largest absolute Gasteiger partial charge is 0.489 e. The molecule has 3 aromatic rings. The number of pyridine rings is 1. The van der Waals surface area contributed by atoms with Gasteiger partial charge in [0.15, 0.2) is 0 Å². The Kier molecular flexibility index (Phi) is 4.30. The average Bonchev–Trinajstić information content (AvgIpc) is 2.99. The number of aromatic nitrogens is 3. The summed E-state index contributed by atoms with van der Waals surface area (Å²) in [4.78, 5) is 8.50. The smallest absolute Gasteiger partial charge is 0.258 e. The summed E-state index contributed by atoms with van der Waals surface area (Å²) in [6.07, 6.45) is 3.51. The van der Waals surface area contributed by atoms with Crippen LogP contribution in [0.1, 0.15) is 19.4 Å². The SMILES string of the molecule is Cc1cnccc1-c1nc(-c2ccc(OC(C)C)c(Cl)c2)no1. The van der Waals surface area contributed by atoms with E-state index in [2.05, 4.69) is 15.1 Å². The zero-order valence-corrected chi connectivity index (χ0v) is 13.8. The van der Waals surface area contributed by atoms with Crippen molar-refractivity contribution >= 4 is 11.6 Å². The molecule has 23 heavy (non-hydrogen) atoms. The van der Waals surface area contributed by atoms with Crippen LogP contribution in [0.3, 0.4) is 0 Å². The highest BCUT2D eigenvalue weighted by Gasteiger charge is 2.14. The lowest BCUT2D eigenvalue weighted by Crippen LogP contribution is -2.05. The van der Waals surface area contributed by atoms with E-state index in [0.29, 0.717) is 22.5 Å². The van der Waals surface area contributed by atoms with E-state index in [1.54, 1.807) is 18.5 Å². The van der Waals surface area contributed by atoms with Crippen molar-refractivity contribution in [2.45, 2.75) is 26.9 Å². The van der Waals surface area contributed by atoms with Gasteiger partial charge < -0.3 is 9.26 Å². The van der Waals surface area contributed by atoms with E-state index in [-0.39, 0.29) is 6.10 Å². The van der Waals surface area contributed by atoms with Crippen molar-refractivity contribution in [3.8, 4) is 28.6 Å². The van der Waals surface area contributed by atoms with Crippen molar-refractivity contribution in [2.75, 3.05) is 0 Å². The molecule has 6 heteroatoms. The van der Waals surface area contributed by atoms with Gasteiger partial charge in [0.25, 0.3) is 5.89 Å². The van der Waals surface area contributed by atoms with Crippen LogP contribution in [0, 0.1) is 6.92 Å². The summed E-state index contributed by atoms with van der Waals surface area (Å²) in [5.74, 6) is 1.58. The van der Waals surface area contributed by atoms with Crippen molar-refractivity contribution in [1.82, 2.24) is 15.1 Å². The first kappa shape index (κ1) is 15.5. The highest BCUT2D eigenvalue weighted by Crippen LogP contribution is 2.31. The first-order valence-electron chi connectivity index (χ1n) is 7.26. The summed E-state index contributed by atoms with van der Waals surface area (Å²) in [5, 5.41) is 4.55. The molecule has 2 heterocycles. The minimum absolute atomic E-state index is 0.0600. The highest BCUT2D eigenvalue weighted by atomic mass is 35.5. The zero-order chi connectivity index (χ0) is 16.4. The van der Waals surface area contributed by atoms with Crippen LogP contribution in [0.15, 0.2) is 41.2 Å². The molecule has 0 aliphatic carbocycles. The molecular formula is C17H16ClN3O2. The maximum Gasteiger partial charge on any atom is 0.258 e. The monoisotopic (exact) mass is 329 g/mol. The molecular weight excluding hydrogens is 314 g/mol. The Balaban J connectivity index is 1.92. The van der Waals surface area contributed by atoms with Crippen LogP contribution >= 0.6 is 11.6 Å². The van der Waals surface area contributed by atoms with E-state index < -0.39 is 0 Å². The van der Waals surface area contributed by atoms with Gasteiger partial charge in [-0.2, -0.15) is 4.98 Å². The van der Waals surface area contributed by atoms with Crippen LogP contribution in [0.5, 0.6) is 5.75 Å². The number of rotatable bonds is 4. The summed E-state index contributed by atoms with van der Waals surface area (Å²) in [6.45, 7) is 5.85. The Bertz CT molecular complexity index is 830. The van der Waals surface area contributed by atoms with Gasteiger partial charge >= 0.3 is 0 Å². The predicted molar refractivity (Wildman–Crippen MR) is 88.5 cm³/mol. The summed E-state index contributed by atoms with van der Waals surface area (Å²) in [7, 11) is 0. The van der Waals surface area contributed by atoms with Gasteiger partial charge in [0.05, 0.1) is 11.1 Å². The van der Waals surface area contributed by atoms with Crippen LogP contribution in [0.2, 0.25) is 5.02 Å². The van der Waals surface area contributed by atoms with Crippen molar-refractivity contribution in [1.29, 1.82) is 0 Å². The molecule has 118 valence electrons. The molecule has 0 fully saturated rings. The predicted octanol–water partition coefficient (Wildman–Crippen LogP) is 4.55. The Hall–Kier alpha value is -2.40. The maximum absolute atomic E-state index is 6.25. The third-order valence-electron chi connectivity index (χ3n) is 3.23. The number of benzene rings is 1.